The largest absolute Gasteiger partial charge is 0.352 e. The number of nitrogens with zero attached hydrogens (tertiary/aromatic N) is 1. The monoisotopic (exact) mass is 548 g/mol. The van der Waals surface area contributed by atoms with E-state index in [1.54, 1.807) is 16.7 Å². The van der Waals surface area contributed by atoms with Gasteiger partial charge in [0.25, 0.3) is 0 Å². The number of hydrogen-bond donors (Lipinski definition) is 1. The SMILES string of the molecule is Cc1ccccc1CSCC(=O)N(Cc1cccc(Cl)c1)C(Cc1ccccc1)C(=O)NC1CCCCC1. The Morgan fingerprint density at radius 2 is 1.66 bits per heavy atom. The Morgan fingerprint density at radius 3 is 2.39 bits per heavy atom. The topological polar surface area (TPSA) is 49.4 Å². The standard InChI is InChI=1S/C32H37ClN2O2S/c1-24-11-8-9-15-27(24)22-38-23-31(36)35(21-26-14-10-16-28(33)19-26)30(20-25-12-4-2-5-13-25)32(37)34-29-17-6-3-7-18-29/h2,4-5,8-16,19,29-30H,3,6-7,17-18,20-23H2,1H3,(H,34,37). The van der Waals surface area contributed by atoms with E-state index in [1.165, 1.54) is 17.5 Å². The number of carbonyl (C=O) groups excluding carboxylic acids is 2. The third-order valence-corrected chi connectivity index (χ3v) is 8.41. The average molecular weight is 549 g/mol. The number of halogens is 1. The maximum absolute atomic E-state index is 13.8. The van der Waals surface area contributed by atoms with Crippen LogP contribution in [-0.2, 0) is 28.3 Å². The van der Waals surface area contributed by atoms with Crippen molar-refractivity contribution >= 4 is 35.2 Å². The molecule has 1 aliphatic rings. The Morgan fingerprint density at radius 1 is 0.947 bits per heavy atom. The number of thioether (sulfide) groups is 1. The fourth-order valence-electron chi connectivity index (χ4n) is 5.03. The fourth-order valence-corrected chi connectivity index (χ4v) is 6.23. The van der Waals surface area contributed by atoms with Crippen LogP contribution in [0.15, 0.2) is 78.9 Å². The normalized spacial score (nSPS) is 14.6. The molecule has 3 aromatic rings. The lowest BCUT2D eigenvalue weighted by Crippen LogP contribution is -2.53. The second kappa shape index (κ2) is 14.4. The molecule has 1 N–H and O–H groups in total. The summed E-state index contributed by atoms with van der Waals surface area (Å²) in [6, 6.07) is 25.4. The highest BCUT2D eigenvalue weighted by Crippen LogP contribution is 2.22. The highest BCUT2D eigenvalue weighted by Gasteiger charge is 2.31. The third-order valence-electron chi connectivity index (χ3n) is 7.21. The summed E-state index contributed by atoms with van der Waals surface area (Å²) < 4.78 is 0. The van der Waals surface area contributed by atoms with E-state index in [2.05, 4.69) is 24.4 Å². The van der Waals surface area contributed by atoms with Crippen LogP contribution in [0.1, 0.15) is 54.4 Å². The van der Waals surface area contributed by atoms with Gasteiger partial charge in [0, 0.05) is 29.8 Å². The van der Waals surface area contributed by atoms with Crippen molar-refractivity contribution in [2.75, 3.05) is 5.75 Å². The molecule has 1 aliphatic carbocycles. The minimum absolute atomic E-state index is 0.0386. The first kappa shape index (κ1) is 28.3. The molecule has 4 rings (SSSR count). The van der Waals surface area contributed by atoms with Crippen LogP contribution in [0.3, 0.4) is 0 Å². The summed E-state index contributed by atoms with van der Waals surface area (Å²) in [6.45, 7) is 2.43. The van der Waals surface area contributed by atoms with Crippen molar-refractivity contribution in [3.05, 3.63) is 106 Å². The number of benzene rings is 3. The molecule has 2 amide bonds. The summed E-state index contributed by atoms with van der Waals surface area (Å²) in [7, 11) is 0. The Hall–Kier alpha value is -2.76. The van der Waals surface area contributed by atoms with Crippen molar-refractivity contribution in [1.82, 2.24) is 10.2 Å². The molecule has 1 unspecified atom stereocenters. The van der Waals surface area contributed by atoms with Gasteiger partial charge < -0.3 is 10.2 Å². The van der Waals surface area contributed by atoms with E-state index in [4.69, 9.17) is 11.6 Å². The molecule has 6 heteroatoms. The molecule has 1 atom stereocenters. The predicted octanol–water partition coefficient (Wildman–Crippen LogP) is 6.97. The van der Waals surface area contributed by atoms with Crippen molar-refractivity contribution in [2.45, 2.75) is 69.8 Å². The summed E-state index contributed by atoms with van der Waals surface area (Å²) in [6.07, 6.45) is 5.95. The summed E-state index contributed by atoms with van der Waals surface area (Å²) in [5, 5.41) is 3.92. The van der Waals surface area contributed by atoms with Gasteiger partial charge >= 0.3 is 0 Å². The van der Waals surface area contributed by atoms with Crippen molar-refractivity contribution in [1.29, 1.82) is 0 Å². The molecule has 0 saturated heterocycles. The van der Waals surface area contributed by atoms with Crippen LogP contribution in [0.5, 0.6) is 0 Å². The summed E-state index contributed by atoms with van der Waals surface area (Å²) in [5.74, 6) is 0.945. The molecule has 0 heterocycles. The number of rotatable bonds is 11. The fraction of sp³-hybridized carbons (Fsp3) is 0.375. The van der Waals surface area contributed by atoms with Crippen LogP contribution in [0.4, 0.5) is 0 Å². The van der Waals surface area contributed by atoms with Crippen molar-refractivity contribution in [3.8, 4) is 0 Å². The zero-order chi connectivity index (χ0) is 26.7. The minimum Gasteiger partial charge on any atom is -0.352 e. The van der Waals surface area contributed by atoms with Gasteiger partial charge in [0.2, 0.25) is 11.8 Å². The van der Waals surface area contributed by atoms with Gasteiger partial charge in [0.05, 0.1) is 5.75 Å². The van der Waals surface area contributed by atoms with E-state index >= 15 is 0 Å². The quantitative estimate of drug-likeness (QED) is 0.281. The Bertz CT molecular complexity index is 1200. The summed E-state index contributed by atoms with van der Waals surface area (Å²) >= 11 is 7.88. The molecule has 0 bridgehead atoms. The van der Waals surface area contributed by atoms with Gasteiger partial charge in [-0.25, -0.2) is 0 Å². The van der Waals surface area contributed by atoms with E-state index in [0.717, 1.165) is 42.6 Å². The minimum atomic E-state index is -0.607. The summed E-state index contributed by atoms with van der Waals surface area (Å²) in [4.78, 5) is 29.4. The van der Waals surface area contributed by atoms with Gasteiger partial charge in [-0.15, -0.1) is 11.8 Å². The molecule has 3 aromatic carbocycles. The Balaban J connectivity index is 1.57. The van der Waals surface area contributed by atoms with E-state index in [0.29, 0.717) is 23.7 Å². The summed E-state index contributed by atoms with van der Waals surface area (Å²) in [5.41, 5.74) is 4.39. The number of carbonyl (C=O) groups is 2. The first-order chi connectivity index (χ1) is 18.5. The van der Waals surface area contributed by atoms with Gasteiger partial charge in [0.1, 0.15) is 6.04 Å². The van der Waals surface area contributed by atoms with Crippen molar-refractivity contribution in [3.63, 3.8) is 0 Å². The molecule has 1 saturated carbocycles. The van der Waals surface area contributed by atoms with Gasteiger partial charge in [-0.1, -0.05) is 97.6 Å². The maximum Gasteiger partial charge on any atom is 0.243 e. The second-order valence-corrected chi connectivity index (χ2v) is 11.5. The molecule has 0 spiro atoms. The van der Waals surface area contributed by atoms with Gasteiger partial charge in [-0.2, -0.15) is 0 Å². The lowest BCUT2D eigenvalue weighted by atomic mass is 9.94. The molecule has 200 valence electrons. The molecule has 1 fully saturated rings. The number of hydrogen-bond acceptors (Lipinski definition) is 3. The first-order valence-electron chi connectivity index (χ1n) is 13.5. The zero-order valence-corrected chi connectivity index (χ0v) is 23.6. The smallest absolute Gasteiger partial charge is 0.243 e. The first-order valence-corrected chi connectivity index (χ1v) is 15.0. The van der Waals surface area contributed by atoms with E-state index in [9.17, 15) is 9.59 Å². The van der Waals surface area contributed by atoms with Crippen LogP contribution in [0.2, 0.25) is 5.02 Å². The highest BCUT2D eigenvalue weighted by molar-refractivity contribution is 7.99. The van der Waals surface area contributed by atoms with Crippen molar-refractivity contribution in [2.24, 2.45) is 0 Å². The Labute approximate surface area is 236 Å². The second-order valence-electron chi connectivity index (χ2n) is 10.1. The van der Waals surface area contributed by atoms with Crippen LogP contribution >= 0.6 is 23.4 Å². The van der Waals surface area contributed by atoms with Crippen LogP contribution in [0.25, 0.3) is 0 Å². The number of aryl methyl sites for hydroxylation is 1. The zero-order valence-electron chi connectivity index (χ0n) is 22.1. The molecule has 4 nitrogen and oxygen atoms in total. The lowest BCUT2D eigenvalue weighted by molar-refractivity contribution is -0.139. The third kappa shape index (κ3) is 8.37. The predicted molar refractivity (Wildman–Crippen MR) is 158 cm³/mol. The van der Waals surface area contributed by atoms with Crippen LogP contribution < -0.4 is 5.32 Å². The van der Waals surface area contributed by atoms with Gasteiger partial charge in [-0.05, 0) is 54.2 Å². The van der Waals surface area contributed by atoms with E-state index in [-0.39, 0.29) is 17.9 Å². The number of nitrogens with one attached hydrogen (secondary N) is 1. The molecule has 0 aromatic heterocycles. The number of amides is 2. The molecule has 38 heavy (non-hydrogen) atoms. The molecular formula is C32H37ClN2O2S. The van der Waals surface area contributed by atoms with E-state index < -0.39 is 6.04 Å². The van der Waals surface area contributed by atoms with Crippen molar-refractivity contribution < 1.29 is 9.59 Å². The molecule has 0 aliphatic heterocycles. The Kier molecular flexibility index (Phi) is 10.7. The van der Waals surface area contributed by atoms with Crippen LogP contribution in [-0.4, -0.2) is 34.6 Å². The average Bonchev–Trinajstić information content (AvgIpc) is 2.93. The maximum atomic E-state index is 13.8. The molecule has 0 radical (unpaired) electrons. The van der Waals surface area contributed by atoms with Gasteiger partial charge in [0.15, 0.2) is 0 Å². The molecular weight excluding hydrogens is 512 g/mol. The lowest BCUT2D eigenvalue weighted by Gasteiger charge is -2.33. The van der Waals surface area contributed by atoms with Gasteiger partial charge in [-0.3, -0.25) is 9.59 Å². The van der Waals surface area contributed by atoms with Crippen LogP contribution in [0, 0.1) is 6.92 Å². The highest BCUT2D eigenvalue weighted by atomic mass is 35.5. The van der Waals surface area contributed by atoms with E-state index in [1.807, 2.05) is 66.7 Å².